The molecule has 2 aliphatic rings. The van der Waals surface area contributed by atoms with Gasteiger partial charge >= 0.3 is 17.8 Å². The maximum atomic E-state index is 11.4. The minimum atomic E-state index is -1.04. The van der Waals surface area contributed by atoms with E-state index in [0.29, 0.717) is 6.54 Å². The number of amides is 1. The van der Waals surface area contributed by atoms with Gasteiger partial charge in [-0.3, -0.25) is 4.79 Å². The summed E-state index contributed by atoms with van der Waals surface area (Å²) in [6.07, 6.45) is 0.835. The van der Waals surface area contributed by atoms with E-state index in [-0.39, 0.29) is 11.8 Å². The second-order valence-electron chi connectivity index (χ2n) is 3.89. The molecule has 1 saturated heterocycles. The molecule has 6 heteroatoms. The van der Waals surface area contributed by atoms with Gasteiger partial charge in [0.2, 0.25) is 0 Å². The second-order valence-corrected chi connectivity index (χ2v) is 3.89. The van der Waals surface area contributed by atoms with E-state index in [1.165, 1.54) is 0 Å². The van der Waals surface area contributed by atoms with Gasteiger partial charge in [-0.25, -0.2) is 9.59 Å². The number of piperidine rings is 1. The summed E-state index contributed by atoms with van der Waals surface area (Å²) in [4.78, 5) is 34.5. The number of fused-ring (bicyclic) bond motifs is 1. The molecule has 0 aromatic heterocycles. The summed E-state index contributed by atoms with van der Waals surface area (Å²) in [6.45, 7) is 0.357. The predicted octanol–water partition coefficient (Wildman–Crippen LogP) is -0.909. The Morgan fingerprint density at radius 3 is 2.60 bits per heavy atom. The lowest BCUT2D eigenvalue weighted by atomic mass is 10.2. The number of carbonyl (C=O) groups is 3. The number of carboxylic acid groups (broad SMARTS) is 1. The van der Waals surface area contributed by atoms with Gasteiger partial charge in [0.25, 0.3) is 0 Å². The number of hydrogen-bond donors (Lipinski definition) is 1. The van der Waals surface area contributed by atoms with Crippen LogP contribution in [-0.4, -0.2) is 47.5 Å². The van der Waals surface area contributed by atoms with Gasteiger partial charge in [0.05, 0.1) is 7.11 Å². The Labute approximate surface area is 85.8 Å². The maximum Gasteiger partial charge on any atom is 0.396 e. The standard InChI is InChI=1S/C9H11NO5/c1-15-9(14)7(11)10-3-4-2-5(4)6(10)8(12)13/h4-6H,2-3H2,1H3,(H,12,13)/t4?,5-,6+/m0/s1. The molecule has 1 amide bonds. The van der Waals surface area contributed by atoms with E-state index in [0.717, 1.165) is 18.4 Å². The fourth-order valence-electron chi connectivity index (χ4n) is 2.20. The second kappa shape index (κ2) is 3.22. The fraction of sp³-hybridized carbons (Fsp3) is 0.667. The van der Waals surface area contributed by atoms with E-state index in [2.05, 4.69) is 4.74 Å². The Balaban J connectivity index is 2.12. The van der Waals surface area contributed by atoms with E-state index in [1.807, 2.05) is 0 Å². The number of ether oxygens (including phenoxy) is 1. The number of carboxylic acids is 1. The van der Waals surface area contributed by atoms with Crippen LogP contribution in [0.25, 0.3) is 0 Å². The van der Waals surface area contributed by atoms with Crippen molar-refractivity contribution in [1.82, 2.24) is 4.90 Å². The molecule has 1 saturated carbocycles. The van der Waals surface area contributed by atoms with Crippen LogP contribution in [0.4, 0.5) is 0 Å². The zero-order chi connectivity index (χ0) is 11.2. The molecule has 82 valence electrons. The summed E-state index contributed by atoms with van der Waals surface area (Å²) >= 11 is 0. The molecule has 15 heavy (non-hydrogen) atoms. The third-order valence-corrected chi connectivity index (χ3v) is 3.02. The normalized spacial score (nSPS) is 32.1. The molecule has 6 nitrogen and oxygen atoms in total. The number of aliphatic carboxylic acids is 1. The van der Waals surface area contributed by atoms with Crippen LogP contribution < -0.4 is 0 Å². The molecular formula is C9H11NO5. The molecule has 2 rings (SSSR count). The van der Waals surface area contributed by atoms with Crippen LogP contribution in [0, 0.1) is 11.8 Å². The Morgan fingerprint density at radius 1 is 1.40 bits per heavy atom. The molecule has 0 aromatic carbocycles. The molecule has 3 atom stereocenters. The van der Waals surface area contributed by atoms with Crippen molar-refractivity contribution in [1.29, 1.82) is 0 Å². The highest BCUT2D eigenvalue weighted by Gasteiger charge is 2.58. The van der Waals surface area contributed by atoms with Crippen LogP contribution in [0.1, 0.15) is 6.42 Å². The fourth-order valence-corrected chi connectivity index (χ4v) is 2.20. The Morgan fingerprint density at radius 2 is 2.07 bits per heavy atom. The van der Waals surface area contributed by atoms with Crippen molar-refractivity contribution in [2.45, 2.75) is 12.5 Å². The van der Waals surface area contributed by atoms with E-state index in [9.17, 15) is 14.4 Å². The zero-order valence-corrected chi connectivity index (χ0v) is 8.17. The van der Waals surface area contributed by atoms with Crippen molar-refractivity contribution in [3.63, 3.8) is 0 Å². The largest absolute Gasteiger partial charge is 0.480 e. The average Bonchev–Trinajstić information content (AvgIpc) is 2.86. The topological polar surface area (TPSA) is 83.9 Å². The third kappa shape index (κ3) is 1.45. The molecule has 1 aliphatic heterocycles. The van der Waals surface area contributed by atoms with Crippen molar-refractivity contribution in [2.24, 2.45) is 11.8 Å². The van der Waals surface area contributed by atoms with Crippen molar-refractivity contribution in [3.8, 4) is 0 Å². The minimum absolute atomic E-state index is 0.0242. The number of rotatable bonds is 1. The van der Waals surface area contributed by atoms with Crippen LogP contribution in [-0.2, 0) is 19.1 Å². The van der Waals surface area contributed by atoms with E-state index in [1.54, 1.807) is 0 Å². The Kier molecular flexibility index (Phi) is 2.13. The number of carbonyl (C=O) groups excluding carboxylic acids is 2. The molecule has 1 unspecified atom stereocenters. The first-order valence-corrected chi connectivity index (χ1v) is 4.68. The summed E-state index contributed by atoms with van der Waals surface area (Å²) in [5.74, 6) is -2.62. The van der Waals surface area contributed by atoms with Gasteiger partial charge in [-0.05, 0) is 18.3 Å². The first-order valence-electron chi connectivity index (χ1n) is 4.68. The first kappa shape index (κ1) is 9.95. The number of methoxy groups -OCH3 is 1. The van der Waals surface area contributed by atoms with Gasteiger partial charge < -0.3 is 14.7 Å². The third-order valence-electron chi connectivity index (χ3n) is 3.02. The summed E-state index contributed by atoms with van der Waals surface area (Å²) in [5.41, 5.74) is 0. The van der Waals surface area contributed by atoms with Crippen molar-refractivity contribution >= 4 is 17.8 Å². The van der Waals surface area contributed by atoms with Gasteiger partial charge in [0.15, 0.2) is 0 Å². The molecule has 0 aromatic rings. The van der Waals surface area contributed by atoms with E-state index < -0.39 is 23.9 Å². The minimum Gasteiger partial charge on any atom is -0.480 e. The predicted molar refractivity (Wildman–Crippen MR) is 46.7 cm³/mol. The van der Waals surface area contributed by atoms with Crippen LogP contribution in [0.2, 0.25) is 0 Å². The number of esters is 1. The smallest absolute Gasteiger partial charge is 0.396 e. The molecule has 0 spiro atoms. The van der Waals surface area contributed by atoms with Crippen LogP contribution in [0.15, 0.2) is 0 Å². The Hall–Kier alpha value is -1.59. The quantitative estimate of drug-likeness (QED) is 0.450. The lowest BCUT2D eigenvalue weighted by Gasteiger charge is -2.22. The number of nitrogens with zero attached hydrogens (tertiary/aromatic N) is 1. The molecule has 1 aliphatic carbocycles. The molecule has 2 fully saturated rings. The number of likely N-dealkylation sites (tertiary alicyclic amines) is 1. The summed E-state index contributed by atoms with van der Waals surface area (Å²) in [5, 5.41) is 8.94. The maximum absolute atomic E-state index is 11.4. The summed E-state index contributed by atoms with van der Waals surface area (Å²) in [7, 11) is 1.10. The van der Waals surface area contributed by atoms with Crippen molar-refractivity contribution in [3.05, 3.63) is 0 Å². The zero-order valence-electron chi connectivity index (χ0n) is 8.17. The molecular weight excluding hydrogens is 202 g/mol. The molecule has 0 radical (unpaired) electrons. The van der Waals surface area contributed by atoms with Crippen LogP contribution in [0.3, 0.4) is 0 Å². The van der Waals surface area contributed by atoms with Crippen LogP contribution in [0.5, 0.6) is 0 Å². The molecule has 1 N–H and O–H groups in total. The van der Waals surface area contributed by atoms with Gasteiger partial charge in [-0.1, -0.05) is 0 Å². The average molecular weight is 213 g/mol. The number of hydrogen-bond acceptors (Lipinski definition) is 4. The molecule has 1 heterocycles. The van der Waals surface area contributed by atoms with E-state index >= 15 is 0 Å². The van der Waals surface area contributed by atoms with Gasteiger partial charge in [-0.2, -0.15) is 0 Å². The van der Waals surface area contributed by atoms with Crippen molar-refractivity contribution in [2.75, 3.05) is 13.7 Å². The van der Waals surface area contributed by atoms with Gasteiger partial charge in [-0.15, -0.1) is 0 Å². The highest BCUT2D eigenvalue weighted by Crippen LogP contribution is 2.49. The lowest BCUT2D eigenvalue weighted by Crippen LogP contribution is -2.46. The van der Waals surface area contributed by atoms with Gasteiger partial charge in [0.1, 0.15) is 6.04 Å². The highest BCUT2D eigenvalue weighted by molar-refractivity contribution is 6.32. The first-order chi connectivity index (χ1) is 7.06. The van der Waals surface area contributed by atoms with Crippen molar-refractivity contribution < 1.29 is 24.2 Å². The van der Waals surface area contributed by atoms with E-state index in [4.69, 9.17) is 5.11 Å². The SMILES string of the molecule is COC(=O)C(=O)N1CC2C[C@@H]2[C@@H]1C(=O)O. The Bertz CT molecular complexity index is 339. The van der Waals surface area contributed by atoms with Crippen LogP contribution >= 0.6 is 0 Å². The molecule has 0 bridgehead atoms. The monoisotopic (exact) mass is 213 g/mol. The highest BCUT2D eigenvalue weighted by atomic mass is 16.5. The lowest BCUT2D eigenvalue weighted by molar-refractivity contribution is -0.161. The summed E-state index contributed by atoms with van der Waals surface area (Å²) in [6, 6.07) is -0.846. The van der Waals surface area contributed by atoms with Gasteiger partial charge in [0, 0.05) is 6.54 Å². The summed E-state index contributed by atoms with van der Waals surface area (Å²) < 4.78 is 4.28.